The Kier molecular flexibility index (Phi) is 6.70. The van der Waals surface area contributed by atoms with Gasteiger partial charge < -0.3 is 29.9 Å². The monoisotopic (exact) mass is 511 g/mol. The van der Waals surface area contributed by atoms with Gasteiger partial charge in [-0.2, -0.15) is 5.09 Å². The maximum Gasteiger partial charge on any atom is 0.459 e. The van der Waals surface area contributed by atoms with Crippen molar-refractivity contribution in [2.24, 2.45) is 5.73 Å². The fraction of sp³-hybridized carbons (Fsp3) is 0.500. The first-order chi connectivity index (χ1) is 16.4. The molecule has 1 aromatic heterocycles. The average molecular weight is 511 g/mol. The van der Waals surface area contributed by atoms with Crippen LogP contribution in [0.5, 0.6) is 5.75 Å². The quantitative estimate of drug-likeness (QED) is 0.244. The van der Waals surface area contributed by atoms with Crippen LogP contribution >= 0.6 is 7.75 Å². The largest absolute Gasteiger partial charge is 0.462 e. The third kappa shape index (κ3) is 4.94. The number of hydrogen-bond donors (Lipinski definition) is 4. The van der Waals surface area contributed by atoms with Crippen LogP contribution in [0.1, 0.15) is 37.6 Å². The summed E-state index contributed by atoms with van der Waals surface area (Å²) in [5.41, 5.74) is 3.16. The Morgan fingerprint density at radius 3 is 2.51 bits per heavy atom. The Hall–Kier alpha value is -2.87. The highest BCUT2D eigenvalue weighted by Crippen LogP contribution is 2.60. The smallest absolute Gasteiger partial charge is 0.459 e. The molecule has 2 aliphatic rings. The first-order valence-electron chi connectivity index (χ1n) is 10.7. The number of carbonyl (C=O) groups is 2. The lowest BCUT2D eigenvalue weighted by Crippen LogP contribution is -2.39. The highest BCUT2D eigenvalue weighted by atomic mass is 31.2. The summed E-state index contributed by atoms with van der Waals surface area (Å²) in [6.45, 7) is 4.75. The van der Waals surface area contributed by atoms with Gasteiger partial charge in [-0.05, 0) is 32.9 Å². The molecule has 15 heteroatoms. The van der Waals surface area contributed by atoms with E-state index in [4.69, 9.17) is 24.3 Å². The highest BCUT2D eigenvalue weighted by molar-refractivity contribution is 7.52. The number of nitrogens with zero attached hydrogens (tertiary/aromatic N) is 3. The van der Waals surface area contributed by atoms with E-state index in [1.165, 1.54) is 19.1 Å². The van der Waals surface area contributed by atoms with Crippen LogP contribution < -0.4 is 15.3 Å². The maximum absolute atomic E-state index is 13.7. The van der Waals surface area contributed by atoms with Crippen molar-refractivity contribution in [2.75, 3.05) is 0 Å². The zero-order valence-corrected chi connectivity index (χ0v) is 19.9. The molecular weight excluding hydrogens is 485 g/mol. The van der Waals surface area contributed by atoms with Crippen LogP contribution in [-0.2, 0) is 23.4 Å². The standard InChI is InChI=1S/C20H26N5O9P/c1-10(2)31-19(28)11(3)24-35(30,33-12-7-5-4-6-8-12)34-15-14-20(15,29)13(26)18(32-14)25-9-22-17(23-25)16(21)27/h4-11,13-15,18,26,29H,1-3H3,(H2,21,27)(H,24,30). The minimum absolute atomic E-state index is 0.173. The zero-order chi connectivity index (χ0) is 25.5. The summed E-state index contributed by atoms with van der Waals surface area (Å²) in [5.74, 6) is -1.70. The predicted octanol–water partition coefficient (Wildman–Crippen LogP) is -0.118. The van der Waals surface area contributed by atoms with Crippen LogP contribution in [-0.4, -0.2) is 72.9 Å². The third-order valence-electron chi connectivity index (χ3n) is 5.38. The second kappa shape index (κ2) is 9.30. The van der Waals surface area contributed by atoms with Crippen molar-refractivity contribution in [3.8, 4) is 5.75 Å². The van der Waals surface area contributed by atoms with E-state index in [2.05, 4.69) is 15.2 Å². The SMILES string of the molecule is CC(C)OC(=O)C(C)NP(=O)(Oc1ccccc1)OC1C2OC(n3cnc(C(N)=O)n3)C(O)C21O. The van der Waals surface area contributed by atoms with Gasteiger partial charge in [0, 0.05) is 0 Å². The van der Waals surface area contributed by atoms with E-state index in [0.717, 1.165) is 11.0 Å². The van der Waals surface area contributed by atoms with Crippen LogP contribution in [0.2, 0.25) is 0 Å². The Bertz CT molecular complexity index is 1150. The number of esters is 1. The van der Waals surface area contributed by atoms with E-state index in [0.29, 0.717) is 0 Å². The number of primary amides is 1. The van der Waals surface area contributed by atoms with Gasteiger partial charge in [-0.1, -0.05) is 18.2 Å². The number of nitrogens with two attached hydrogens (primary N) is 1. The molecule has 190 valence electrons. The fourth-order valence-electron chi connectivity index (χ4n) is 3.63. The molecule has 0 spiro atoms. The Labute approximate surface area is 199 Å². The van der Waals surface area contributed by atoms with E-state index in [9.17, 15) is 24.4 Å². The lowest BCUT2D eigenvalue weighted by molar-refractivity contribution is -0.149. The summed E-state index contributed by atoms with van der Waals surface area (Å²) >= 11 is 0. The molecule has 1 aliphatic heterocycles. The number of nitrogens with one attached hydrogen (secondary N) is 1. The van der Waals surface area contributed by atoms with E-state index in [1.807, 2.05) is 0 Å². The van der Waals surface area contributed by atoms with Gasteiger partial charge >= 0.3 is 13.7 Å². The number of aromatic nitrogens is 3. The van der Waals surface area contributed by atoms with E-state index in [-0.39, 0.29) is 11.6 Å². The van der Waals surface area contributed by atoms with Crippen molar-refractivity contribution in [1.82, 2.24) is 19.9 Å². The summed E-state index contributed by atoms with van der Waals surface area (Å²) < 4.78 is 36.6. The Morgan fingerprint density at radius 1 is 1.29 bits per heavy atom. The Balaban J connectivity index is 1.50. The third-order valence-corrected chi connectivity index (χ3v) is 7.03. The van der Waals surface area contributed by atoms with Gasteiger partial charge in [0.15, 0.2) is 11.8 Å². The molecule has 1 saturated carbocycles. The maximum atomic E-state index is 13.7. The van der Waals surface area contributed by atoms with Gasteiger partial charge in [0.1, 0.15) is 36.4 Å². The van der Waals surface area contributed by atoms with Crippen molar-refractivity contribution >= 4 is 19.6 Å². The fourth-order valence-corrected chi connectivity index (χ4v) is 5.34. The number of benzene rings is 1. The number of rotatable bonds is 10. The molecule has 2 heterocycles. The van der Waals surface area contributed by atoms with Crippen molar-refractivity contribution in [3.05, 3.63) is 42.5 Å². The number of para-hydroxylation sites is 1. The lowest BCUT2D eigenvalue weighted by Gasteiger charge is -2.26. The van der Waals surface area contributed by atoms with Crippen molar-refractivity contribution in [3.63, 3.8) is 0 Å². The number of hydrogen-bond acceptors (Lipinski definition) is 11. The van der Waals surface area contributed by atoms with Crippen molar-refractivity contribution in [2.45, 2.75) is 63.1 Å². The van der Waals surface area contributed by atoms with E-state index < -0.39 is 61.9 Å². The second-order valence-corrected chi connectivity index (χ2v) is 10.1. The summed E-state index contributed by atoms with van der Waals surface area (Å²) in [5, 5.41) is 28.0. The first kappa shape index (κ1) is 25.2. The van der Waals surface area contributed by atoms with Crippen LogP contribution in [0.3, 0.4) is 0 Å². The molecule has 1 saturated heterocycles. The van der Waals surface area contributed by atoms with Crippen LogP contribution in [0.15, 0.2) is 36.7 Å². The number of aliphatic hydroxyl groups excluding tert-OH is 1. The Morgan fingerprint density at radius 2 is 1.97 bits per heavy atom. The minimum Gasteiger partial charge on any atom is -0.462 e. The molecule has 7 atom stereocenters. The van der Waals surface area contributed by atoms with Crippen molar-refractivity contribution in [1.29, 1.82) is 0 Å². The average Bonchev–Trinajstić information content (AvgIpc) is 3.11. The van der Waals surface area contributed by atoms with Gasteiger partial charge in [0.2, 0.25) is 5.82 Å². The first-order valence-corrected chi connectivity index (χ1v) is 12.3. The molecule has 2 fully saturated rings. The summed E-state index contributed by atoms with van der Waals surface area (Å²) in [6.07, 6.45) is -4.47. The molecule has 14 nitrogen and oxygen atoms in total. The topological polar surface area (TPSA) is 197 Å². The van der Waals surface area contributed by atoms with Gasteiger partial charge in [-0.15, -0.1) is 5.10 Å². The van der Waals surface area contributed by atoms with E-state index in [1.54, 1.807) is 32.0 Å². The summed E-state index contributed by atoms with van der Waals surface area (Å²) in [4.78, 5) is 27.2. The number of amides is 1. The van der Waals surface area contributed by atoms with E-state index >= 15 is 0 Å². The molecule has 4 rings (SSSR count). The molecule has 0 radical (unpaired) electrons. The molecule has 1 amide bonds. The summed E-state index contributed by atoms with van der Waals surface area (Å²) in [6, 6.07) is 6.97. The highest BCUT2D eigenvalue weighted by Gasteiger charge is 2.79. The van der Waals surface area contributed by atoms with Gasteiger partial charge in [0.25, 0.3) is 5.91 Å². The molecule has 5 N–H and O–H groups in total. The van der Waals surface area contributed by atoms with Crippen LogP contribution in [0, 0.1) is 0 Å². The molecule has 2 aromatic rings. The molecule has 35 heavy (non-hydrogen) atoms. The van der Waals surface area contributed by atoms with Gasteiger partial charge in [-0.25, -0.2) is 14.2 Å². The number of aliphatic hydroxyl groups is 2. The predicted molar refractivity (Wildman–Crippen MR) is 117 cm³/mol. The molecule has 1 aromatic carbocycles. The number of carbonyl (C=O) groups excluding carboxylic acids is 2. The summed E-state index contributed by atoms with van der Waals surface area (Å²) in [7, 11) is -4.31. The zero-order valence-electron chi connectivity index (χ0n) is 19.0. The second-order valence-electron chi connectivity index (χ2n) is 8.46. The minimum atomic E-state index is -4.31. The normalized spacial score (nSPS) is 29.8. The lowest BCUT2D eigenvalue weighted by atomic mass is 10.1. The van der Waals surface area contributed by atoms with Crippen LogP contribution in [0.4, 0.5) is 0 Å². The molecule has 7 unspecified atom stereocenters. The number of ether oxygens (including phenoxy) is 2. The molecular formula is C20H26N5O9P. The number of fused-ring (bicyclic) bond motifs is 1. The molecule has 0 bridgehead atoms. The van der Waals surface area contributed by atoms with Crippen molar-refractivity contribution < 1.29 is 42.9 Å². The van der Waals surface area contributed by atoms with Gasteiger partial charge in [0.05, 0.1) is 6.10 Å². The van der Waals surface area contributed by atoms with Crippen LogP contribution in [0.25, 0.3) is 0 Å². The molecule has 1 aliphatic carbocycles. The van der Waals surface area contributed by atoms with Gasteiger partial charge in [-0.3, -0.25) is 14.1 Å².